The number of hydrogen-bond acceptors (Lipinski definition) is 9. The van der Waals surface area contributed by atoms with Gasteiger partial charge in [0.25, 0.3) is 0 Å². The Morgan fingerprint density at radius 3 is 3.00 bits per heavy atom. The monoisotopic (exact) mass is 341 g/mol. The van der Waals surface area contributed by atoms with Crippen molar-refractivity contribution >= 4 is 29.0 Å². The summed E-state index contributed by atoms with van der Waals surface area (Å²) in [5.74, 6) is 0.281. The van der Waals surface area contributed by atoms with Crippen LogP contribution in [0.1, 0.15) is 13.2 Å². The van der Waals surface area contributed by atoms with Crippen LogP contribution in [0.15, 0.2) is 12.7 Å². The van der Waals surface area contributed by atoms with Crippen LogP contribution in [0.2, 0.25) is 0 Å². The Bertz CT molecular complexity index is 669. The minimum absolute atomic E-state index is 0.281. The van der Waals surface area contributed by atoms with E-state index in [1.807, 2.05) is 6.92 Å². The van der Waals surface area contributed by atoms with Crippen LogP contribution in [0.25, 0.3) is 11.2 Å². The molecule has 0 amide bonds. The summed E-state index contributed by atoms with van der Waals surface area (Å²) < 4.78 is 18.6. The lowest BCUT2D eigenvalue weighted by atomic mass is 10.1. The van der Waals surface area contributed by atoms with E-state index in [0.717, 1.165) is 0 Å². The zero-order chi connectivity index (χ0) is 16.4. The zero-order valence-electron chi connectivity index (χ0n) is 12.8. The smallest absolute Gasteiger partial charge is 0.167 e. The van der Waals surface area contributed by atoms with Crippen LogP contribution in [0.3, 0.4) is 0 Å². The van der Waals surface area contributed by atoms with E-state index in [2.05, 4.69) is 15.0 Å². The minimum Gasteiger partial charge on any atom is -0.386 e. The SMILES string of the molecule is CCOCC1O[C@@H](n2cnc3c(N)ncnc32)[C@@H](O)[C@@H]1OSC. The van der Waals surface area contributed by atoms with E-state index in [0.29, 0.717) is 24.4 Å². The molecule has 3 N–H and O–H groups in total. The van der Waals surface area contributed by atoms with E-state index in [4.69, 9.17) is 19.4 Å². The van der Waals surface area contributed by atoms with Crippen LogP contribution in [0.4, 0.5) is 5.82 Å². The van der Waals surface area contributed by atoms with Crippen molar-refractivity contribution in [2.45, 2.75) is 31.5 Å². The average molecular weight is 341 g/mol. The molecule has 126 valence electrons. The lowest BCUT2D eigenvalue weighted by Crippen LogP contribution is -2.35. The number of imidazole rings is 1. The molecule has 0 radical (unpaired) electrons. The van der Waals surface area contributed by atoms with Gasteiger partial charge in [0.1, 0.15) is 30.2 Å². The second-order valence-corrected chi connectivity index (χ2v) is 5.55. The van der Waals surface area contributed by atoms with Crippen molar-refractivity contribution in [3.63, 3.8) is 0 Å². The minimum atomic E-state index is -0.888. The van der Waals surface area contributed by atoms with E-state index in [1.54, 1.807) is 10.8 Å². The Balaban J connectivity index is 1.90. The Kier molecular flexibility index (Phi) is 4.97. The number of nitrogens with two attached hydrogens (primary N) is 1. The third-order valence-corrected chi connectivity index (χ3v) is 4.08. The van der Waals surface area contributed by atoms with Gasteiger partial charge in [-0.3, -0.25) is 4.57 Å². The van der Waals surface area contributed by atoms with Crippen LogP contribution >= 0.6 is 12.0 Å². The van der Waals surface area contributed by atoms with Crippen LogP contribution in [-0.2, 0) is 13.7 Å². The molecule has 0 bridgehead atoms. The first kappa shape index (κ1) is 16.4. The van der Waals surface area contributed by atoms with Crippen LogP contribution in [0.5, 0.6) is 0 Å². The van der Waals surface area contributed by atoms with Crippen molar-refractivity contribution in [2.75, 3.05) is 25.2 Å². The molecule has 3 rings (SSSR count). The predicted octanol–water partition coefficient (Wildman–Crippen LogP) is 0.366. The topological polar surface area (TPSA) is 118 Å². The number of ether oxygens (including phenoxy) is 2. The van der Waals surface area contributed by atoms with Crippen molar-refractivity contribution in [2.24, 2.45) is 0 Å². The molecule has 23 heavy (non-hydrogen) atoms. The summed E-state index contributed by atoms with van der Waals surface area (Å²) in [6.07, 6.45) is 2.20. The Labute approximate surface area is 137 Å². The van der Waals surface area contributed by atoms with Crippen LogP contribution in [0, 0.1) is 0 Å². The highest BCUT2D eigenvalue weighted by molar-refractivity contribution is 7.93. The maximum Gasteiger partial charge on any atom is 0.167 e. The van der Waals surface area contributed by atoms with Gasteiger partial charge in [-0.2, -0.15) is 0 Å². The Morgan fingerprint density at radius 1 is 1.43 bits per heavy atom. The molecule has 2 aromatic rings. The molecular formula is C13H19N5O4S. The first-order valence-corrected chi connectivity index (χ1v) is 8.36. The number of hydrogen-bond donors (Lipinski definition) is 2. The van der Waals surface area contributed by atoms with E-state index < -0.39 is 18.4 Å². The summed E-state index contributed by atoms with van der Waals surface area (Å²) in [6.45, 7) is 2.79. The first-order chi connectivity index (χ1) is 11.2. The number of anilines is 1. The van der Waals surface area contributed by atoms with Crippen molar-refractivity contribution in [3.8, 4) is 0 Å². The molecule has 0 saturated carbocycles. The summed E-state index contributed by atoms with van der Waals surface area (Å²) in [5, 5.41) is 10.6. The fourth-order valence-electron chi connectivity index (χ4n) is 2.60. The van der Waals surface area contributed by atoms with Crippen molar-refractivity contribution in [1.29, 1.82) is 0 Å². The van der Waals surface area contributed by atoms with Crippen LogP contribution < -0.4 is 5.73 Å². The zero-order valence-corrected chi connectivity index (χ0v) is 13.6. The van der Waals surface area contributed by atoms with Crippen molar-refractivity contribution < 1.29 is 18.8 Å². The predicted molar refractivity (Wildman–Crippen MR) is 84.5 cm³/mol. The van der Waals surface area contributed by atoms with Gasteiger partial charge in [0, 0.05) is 12.9 Å². The number of nitrogen functional groups attached to an aromatic ring is 1. The average Bonchev–Trinajstić information content (AvgIpc) is 3.10. The number of aliphatic hydroxyl groups excluding tert-OH is 1. The molecule has 9 nitrogen and oxygen atoms in total. The third kappa shape index (κ3) is 3.00. The molecule has 0 spiro atoms. The van der Waals surface area contributed by atoms with Gasteiger partial charge in [-0.25, -0.2) is 15.0 Å². The van der Waals surface area contributed by atoms with E-state index in [1.165, 1.54) is 24.7 Å². The van der Waals surface area contributed by atoms with Crippen LogP contribution in [-0.4, -0.2) is 62.4 Å². The summed E-state index contributed by atoms with van der Waals surface area (Å²) in [4.78, 5) is 12.3. The molecule has 10 heteroatoms. The summed E-state index contributed by atoms with van der Waals surface area (Å²) in [5.41, 5.74) is 6.77. The molecule has 1 fully saturated rings. The normalized spacial score (nSPS) is 27.8. The Hall–Kier alpha value is -1.46. The second-order valence-electron chi connectivity index (χ2n) is 5.03. The number of fused-ring (bicyclic) bond motifs is 1. The molecule has 2 aromatic heterocycles. The van der Waals surface area contributed by atoms with Crippen molar-refractivity contribution in [1.82, 2.24) is 19.5 Å². The van der Waals surface area contributed by atoms with Crippen molar-refractivity contribution in [3.05, 3.63) is 12.7 Å². The van der Waals surface area contributed by atoms with Gasteiger partial charge in [-0.1, -0.05) is 0 Å². The van der Waals surface area contributed by atoms with Gasteiger partial charge in [-0.05, 0) is 19.0 Å². The number of rotatable bonds is 6. The van der Waals surface area contributed by atoms with Gasteiger partial charge in [0.2, 0.25) is 0 Å². The summed E-state index contributed by atoms with van der Waals surface area (Å²) in [6, 6.07) is 0. The highest BCUT2D eigenvalue weighted by Gasteiger charge is 2.46. The molecule has 4 atom stereocenters. The fourth-order valence-corrected chi connectivity index (χ4v) is 3.06. The molecule has 1 saturated heterocycles. The second kappa shape index (κ2) is 6.97. The maximum absolute atomic E-state index is 10.6. The molecule has 3 heterocycles. The third-order valence-electron chi connectivity index (χ3n) is 3.66. The largest absolute Gasteiger partial charge is 0.386 e. The molecular weight excluding hydrogens is 322 g/mol. The van der Waals surface area contributed by atoms with Gasteiger partial charge in [-0.15, -0.1) is 0 Å². The van der Waals surface area contributed by atoms with Gasteiger partial charge >= 0.3 is 0 Å². The standard InChI is InChI=1S/C13H19N5O4S/c1-3-20-4-7-10(22-23-2)9(19)13(21-7)18-6-17-8-11(14)15-5-16-12(8)18/h5-7,9-10,13,19H,3-4H2,1-2H3,(H2,14,15,16)/t7?,9-,10+,13+/m0/s1. The molecule has 0 aliphatic carbocycles. The number of aliphatic hydroxyl groups is 1. The summed E-state index contributed by atoms with van der Waals surface area (Å²) >= 11 is 1.18. The molecule has 1 aliphatic heterocycles. The first-order valence-electron chi connectivity index (χ1n) is 7.21. The fraction of sp³-hybridized carbons (Fsp3) is 0.615. The Morgan fingerprint density at radius 2 is 2.26 bits per heavy atom. The highest BCUT2D eigenvalue weighted by atomic mass is 32.2. The molecule has 1 unspecified atom stereocenters. The van der Waals surface area contributed by atoms with Gasteiger partial charge < -0.3 is 24.5 Å². The lowest BCUT2D eigenvalue weighted by molar-refractivity contribution is -0.0618. The summed E-state index contributed by atoms with van der Waals surface area (Å²) in [7, 11) is 0. The molecule has 0 aromatic carbocycles. The number of nitrogens with zero attached hydrogens (tertiary/aromatic N) is 4. The molecule has 1 aliphatic rings. The quantitative estimate of drug-likeness (QED) is 0.718. The van der Waals surface area contributed by atoms with Gasteiger partial charge in [0.05, 0.1) is 12.9 Å². The van der Waals surface area contributed by atoms with E-state index >= 15 is 0 Å². The number of aromatic nitrogens is 4. The van der Waals surface area contributed by atoms with E-state index in [-0.39, 0.29) is 11.9 Å². The highest BCUT2D eigenvalue weighted by Crippen LogP contribution is 2.35. The van der Waals surface area contributed by atoms with Gasteiger partial charge in [0.15, 0.2) is 17.7 Å². The van der Waals surface area contributed by atoms with E-state index in [9.17, 15) is 5.11 Å². The lowest BCUT2D eigenvalue weighted by Gasteiger charge is -2.18. The maximum atomic E-state index is 10.6.